The maximum absolute atomic E-state index is 3.78. The van der Waals surface area contributed by atoms with Gasteiger partial charge in [0.2, 0.25) is 0 Å². The van der Waals surface area contributed by atoms with Crippen LogP contribution >= 0.6 is 9.39 Å². The molecule has 1 heterocycles. The van der Waals surface area contributed by atoms with Gasteiger partial charge in [-0.25, -0.2) is 0 Å². The maximum atomic E-state index is 3.78. The Balaban J connectivity index is 2.76. The molecule has 1 rings (SSSR count). The lowest BCUT2D eigenvalue weighted by atomic mass is 10.7. The minimum Gasteiger partial charge on any atom is -0.353 e. The van der Waals surface area contributed by atoms with Crippen LogP contribution in [0.5, 0.6) is 0 Å². The largest absolute Gasteiger partial charge is 0.353 e. The first-order valence-electron chi connectivity index (χ1n) is 1.90. The summed E-state index contributed by atoms with van der Waals surface area (Å²) in [7, 11) is 2.35. The van der Waals surface area contributed by atoms with E-state index in [0.717, 1.165) is 5.82 Å². The molecule has 0 bridgehead atoms. The van der Waals surface area contributed by atoms with Crippen molar-refractivity contribution in [2.24, 2.45) is 0 Å². The molecule has 1 aromatic rings. The van der Waals surface area contributed by atoms with E-state index in [1.54, 1.807) is 6.20 Å². The van der Waals surface area contributed by atoms with Gasteiger partial charge in [0.15, 0.2) is 5.82 Å². The second-order valence-electron chi connectivity index (χ2n) is 1.10. The van der Waals surface area contributed by atoms with Crippen molar-refractivity contribution in [1.29, 1.82) is 0 Å². The van der Waals surface area contributed by atoms with Gasteiger partial charge in [-0.05, 0) is 9.39 Å². The Labute approximate surface area is 43.8 Å². The average molecular weight is 115 g/mol. The molecule has 3 nitrogen and oxygen atoms in total. The molecule has 0 aliphatic carbocycles. The molecule has 0 radical (unpaired) electrons. The van der Waals surface area contributed by atoms with Gasteiger partial charge in [-0.1, -0.05) is 0 Å². The van der Waals surface area contributed by atoms with Gasteiger partial charge in [-0.3, -0.25) is 5.10 Å². The fourth-order valence-electron chi connectivity index (χ4n) is 0.341. The quantitative estimate of drug-likeness (QED) is 0.526. The number of anilines is 1. The van der Waals surface area contributed by atoms with E-state index in [1.807, 2.05) is 6.07 Å². The highest BCUT2D eigenvalue weighted by atomic mass is 31.0. The molecule has 0 aliphatic rings. The standard InChI is InChI=1S/C3H6N3P/c7-6-3-1-2-4-5-3/h1-2H,7H2,(H2,4,5,6). The van der Waals surface area contributed by atoms with Crippen molar-refractivity contribution in [3.8, 4) is 0 Å². The first-order valence-corrected chi connectivity index (χ1v) is 2.47. The molecule has 0 fully saturated rings. The molecule has 0 aromatic carbocycles. The lowest BCUT2D eigenvalue weighted by Crippen LogP contribution is -1.75. The fourth-order valence-corrected chi connectivity index (χ4v) is 0.501. The molecule has 1 atom stereocenters. The SMILES string of the molecule is PNc1cc[nH]n1. The highest BCUT2D eigenvalue weighted by Gasteiger charge is 1.81. The molecule has 0 aliphatic heterocycles. The third-order valence-electron chi connectivity index (χ3n) is 0.649. The Kier molecular flexibility index (Phi) is 1.27. The number of rotatable bonds is 1. The van der Waals surface area contributed by atoms with Crippen molar-refractivity contribution >= 4 is 15.2 Å². The second-order valence-corrected chi connectivity index (χ2v) is 1.39. The van der Waals surface area contributed by atoms with Crippen LogP contribution in [0.4, 0.5) is 5.82 Å². The van der Waals surface area contributed by atoms with E-state index in [9.17, 15) is 0 Å². The third-order valence-corrected chi connectivity index (χ3v) is 0.944. The van der Waals surface area contributed by atoms with Crippen LogP contribution in [0.3, 0.4) is 0 Å². The molecule has 0 saturated carbocycles. The van der Waals surface area contributed by atoms with Gasteiger partial charge < -0.3 is 5.09 Å². The smallest absolute Gasteiger partial charge is 0.150 e. The normalized spacial score (nSPS) is 8.71. The predicted octanol–water partition coefficient (Wildman–Crippen LogP) is 0.612. The zero-order valence-electron chi connectivity index (χ0n) is 3.68. The summed E-state index contributed by atoms with van der Waals surface area (Å²) in [5.41, 5.74) is 0. The van der Waals surface area contributed by atoms with Gasteiger partial charge >= 0.3 is 0 Å². The summed E-state index contributed by atoms with van der Waals surface area (Å²) < 4.78 is 0. The Morgan fingerprint density at radius 1 is 1.86 bits per heavy atom. The second kappa shape index (κ2) is 1.94. The van der Waals surface area contributed by atoms with Crippen molar-refractivity contribution in [2.75, 3.05) is 5.09 Å². The minimum atomic E-state index is 0.838. The number of aromatic amines is 1. The van der Waals surface area contributed by atoms with Gasteiger partial charge in [0.25, 0.3) is 0 Å². The Morgan fingerprint density at radius 2 is 2.71 bits per heavy atom. The van der Waals surface area contributed by atoms with E-state index in [2.05, 4.69) is 24.7 Å². The lowest BCUT2D eigenvalue weighted by molar-refractivity contribution is 1.10. The van der Waals surface area contributed by atoms with Crippen LogP contribution in [0.25, 0.3) is 0 Å². The number of nitrogens with zero attached hydrogens (tertiary/aromatic N) is 1. The van der Waals surface area contributed by atoms with Crippen molar-refractivity contribution in [1.82, 2.24) is 10.2 Å². The zero-order valence-corrected chi connectivity index (χ0v) is 4.83. The summed E-state index contributed by atoms with van der Waals surface area (Å²) in [6, 6.07) is 1.84. The van der Waals surface area contributed by atoms with Crippen LogP contribution < -0.4 is 5.09 Å². The highest BCUT2D eigenvalue weighted by Crippen LogP contribution is 1.99. The van der Waals surface area contributed by atoms with E-state index in [1.165, 1.54) is 0 Å². The van der Waals surface area contributed by atoms with Crippen molar-refractivity contribution in [2.45, 2.75) is 0 Å². The van der Waals surface area contributed by atoms with Gasteiger partial charge in [0.05, 0.1) is 0 Å². The molecule has 38 valence electrons. The van der Waals surface area contributed by atoms with Crippen LogP contribution in [0, 0.1) is 0 Å². The summed E-state index contributed by atoms with van der Waals surface area (Å²) >= 11 is 0. The summed E-state index contributed by atoms with van der Waals surface area (Å²) in [6.45, 7) is 0. The predicted molar refractivity (Wildman–Crippen MR) is 31.9 cm³/mol. The molecule has 1 unspecified atom stereocenters. The molecule has 2 N–H and O–H groups in total. The highest BCUT2D eigenvalue weighted by molar-refractivity contribution is 7.18. The van der Waals surface area contributed by atoms with Crippen LogP contribution in [-0.4, -0.2) is 10.2 Å². The number of nitrogens with one attached hydrogen (secondary N) is 2. The molecular weight excluding hydrogens is 109 g/mol. The fraction of sp³-hybridized carbons (Fsp3) is 0. The molecular formula is C3H6N3P. The first kappa shape index (κ1) is 4.60. The van der Waals surface area contributed by atoms with Gasteiger partial charge in [-0.15, -0.1) is 0 Å². The molecule has 0 saturated heterocycles. The molecule has 0 amide bonds. The minimum absolute atomic E-state index is 0.838. The Bertz CT molecular complexity index is 125. The molecule has 4 heteroatoms. The van der Waals surface area contributed by atoms with Crippen molar-refractivity contribution < 1.29 is 0 Å². The van der Waals surface area contributed by atoms with Gasteiger partial charge in [0.1, 0.15) is 0 Å². The van der Waals surface area contributed by atoms with Crippen LogP contribution in [0.1, 0.15) is 0 Å². The van der Waals surface area contributed by atoms with E-state index >= 15 is 0 Å². The first-order chi connectivity index (χ1) is 3.43. The van der Waals surface area contributed by atoms with Crippen molar-refractivity contribution in [3.05, 3.63) is 12.3 Å². The topological polar surface area (TPSA) is 40.7 Å². The number of aromatic nitrogens is 2. The van der Waals surface area contributed by atoms with Gasteiger partial charge in [-0.2, -0.15) is 5.10 Å². The van der Waals surface area contributed by atoms with E-state index in [0.29, 0.717) is 0 Å². The average Bonchev–Trinajstić information content (AvgIpc) is 2.14. The summed E-state index contributed by atoms with van der Waals surface area (Å²) in [5.74, 6) is 0.838. The number of H-pyrrole nitrogens is 1. The third kappa shape index (κ3) is 0.904. The van der Waals surface area contributed by atoms with E-state index in [-0.39, 0.29) is 0 Å². The van der Waals surface area contributed by atoms with E-state index in [4.69, 9.17) is 0 Å². The number of hydrogen-bond donors (Lipinski definition) is 2. The zero-order chi connectivity index (χ0) is 5.11. The van der Waals surface area contributed by atoms with Crippen LogP contribution in [0.15, 0.2) is 12.3 Å². The number of hydrogen-bond acceptors (Lipinski definition) is 2. The van der Waals surface area contributed by atoms with Crippen LogP contribution in [-0.2, 0) is 0 Å². The monoisotopic (exact) mass is 115 g/mol. The molecule has 7 heavy (non-hydrogen) atoms. The van der Waals surface area contributed by atoms with Crippen LogP contribution in [0.2, 0.25) is 0 Å². The van der Waals surface area contributed by atoms with E-state index < -0.39 is 0 Å². The van der Waals surface area contributed by atoms with Crippen molar-refractivity contribution in [3.63, 3.8) is 0 Å². The Hall–Kier alpha value is -0.560. The Morgan fingerprint density at radius 3 is 3.00 bits per heavy atom. The summed E-state index contributed by atoms with van der Waals surface area (Å²) in [5, 5.41) is 9.21. The lowest BCUT2D eigenvalue weighted by Gasteiger charge is -1.83. The summed E-state index contributed by atoms with van der Waals surface area (Å²) in [4.78, 5) is 0. The molecule has 0 spiro atoms. The molecule has 1 aromatic heterocycles. The maximum Gasteiger partial charge on any atom is 0.150 e. The van der Waals surface area contributed by atoms with Gasteiger partial charge in [0, 0.05) is 12.3 Å². The summed E-state index contributed by atoms with van der Waals surface area (Å²) in [6.07, 6.45) is 1.76.